The van der Waals surface area contributed by atoms with Crippen LogP contribution in [0.2, 0.25) is 0 Å². The maximum atomic E-state index is 10.0. The van der Waals surface area contributed by atoms with Gasteiger partial charge < -0.3 is 10.3 Å². The molecule has 0 saturated carbocycles. The number of hydrogen-bond donors (Lipinski definition) is 2. The summed E-state index contributed by atoms with van der Waals surface area (Å²) in [5.74, 6) is 0.895. The Labute approximate surface area is 65.0 Å². The number of rotatable bonds is 4. The molecule has 2 N–H and O–H groups in total. The van der Waals surface area contributed by atoms with E-state index in [1.165, 1.54) is 0 Å². The molecular formula is C7H11N3O. The van der Waals surface area contributed by atoms with Gasteiger partial charge in [0.1, 0.15) is 5.82 Å². The molecule has 1 unspecified atom stereocenters. The molecule has 4 nitrogen and oxygen atoms in total. The number of carbonyl (C=O) groups is 1. The van der Waals surface area contributed by atoms with Gasteiger partial charge in [0.15, 0.2) is 0 Å². The normalized spacial score (nSPS) is 12.5. The summed E-state index contributed by atoms with van der Waals surface area (Å²) in [6.45, 7) is 1.93. The number of amides is 1. The summed E-state index contributed by atoms with van der Waals surface area (Å²) in [5.41, 5.74) is 0. The first-order valence-electron chi connectivity index (χ1n) is 3.51. The van der Waals surface area contributed by atoms with E-state index >= 15 is 0 Å². The van der Waals surface area contributed by atoms with E-state index in [0.29, 0.717) is 6.41 Å². The van der Waals surface area contributed by atoms with Gasteiger partial charge in [-0.25, -0.2) is 4.98 Å². The van der Waals surface area contributed by atoms with Crippen molar-refractivity contribution in [2.24, 2.45) is 0 Å². The zero-order valence-corrected chi connectivity index (χ0v) is 6.37. The summed E-state index contributed by atoms with van der Waals surface area (Å²) in [6, 6.07) is 0.138. The molecule has 60 valence electrons. The molecule has 0 aromatic carbocycles. The maximum Gasteiger partial charge on any atom is 0.207 e. The smallest absolute Gasteiger partial charge is 0.207 e. The van der Waals surface area contributed by atoms with E-state index in [-0.39, 0.29) is 6.04 Å². The number of nitrogens with one attached hydrogen (secondary N) is 2. The minimum Gasteiger partial charge on any atom is -0.356 e. The van der Waals surface area contributed by atoms with Crippen molar-refractivity contribution in [1.29, 1.82) is 0 Å². The van der Waals surface area contributed by atoms with Gasteiger partial charge in [0.2, 0.25) is 6.41 Å². The third-order valence-electron chi connectivity index (χ3n) is 1.41. The average Bonchev–Trinajstić information content (AvgIpc) is 2.40. The van der Waals surface area contributed by atoms with E-state index < -0.39 is 0 Å². The molecule has 1 heterocycles. The summed E-state index contributed by atoms with van der Waals surface area (Å²) in [5, 5.41) is 2.64. The van der Waals surface area contributed by atoms with Crippen LogP contribution in [0.3, 0.4) is 0 Å². The second-order valence-electron chi connectivity index (χ2n) is 2.43. The highest BCUT2D eigenvalue weighted by Crippen LogP contribution is 1.93. The minimum absolute atomic E-state index is 0.138. The molecule has 1 aromatic rings. The number of H-pyrrole nitrogens is 1. The van der Waals surface area contributed by atoms with Gasteiger partial charge in [-0.05, 0) is 6.92 Å². The molecule has 0 spiro atoms. The molecule has 4 heteroatoms. The monoisotopic (exact) mass is 153 g/mol. The van der Waals surface area contributed by atoms with Crippen LogP contribution < -0.4 is 5.32 Å². The van der Waals surface area contributed by atoms with E-state index in [9.17, 15) is 4.79 Å². The van der Waals surface area contributed by atoms with Crippen LogP contribution in [0.25, 0.3) is 0 Å². The fourth-order valence-electron chi connectivity index (χ4n) is 0.875. The van der Waals surface area contributed by atoms with E-state index in [1.54, 1.807) is 12.4 Å². The summed E-state index contributed by atoms with van der Waals surface area (Å²) >= 11 is 0. The zero-order chi connectivity index (χ0) is 8.10. The van der Waals surface area contributed by atoms with Crippen LogP contribution >= 0.6 is 0 Å². The zero-order valence-electron chi connectivity index (χ0n) is 6.37. The Balaban J connectivity index is 2.37. The molecule has 1 atom stereocenters. The van der Waals surface area contributed by atoms with Gasteiger partial charge in [-0.2, -0.15) is 0 Å². The van der Waals surface area contributed by atoms with Crippen molar-refractivity contribution in [3.63, 3.8) is 0 Å². The molecule has 0 fully saturated rings. The molecular weight excluding hydrogens is 142 g/mol. The van der Waals surface area contributed by atoms with E-state index in [0.717, 1.165) is 12.2 Å². The highest BCUT2D eigenvalue weighted by molar-refractivity contribution is 5.46. The predicted molar refractivity (Wildman–Crippen MR) is 41.0 cm³/mol. The highest BCUT2D eigenvalue weighted by atomic mass is 16.1. The van der Waals surface area contributed by atoms with Crippen LogP contribution in [0.1, 0.15) is 12.7 Å². The second kappa shape index (κ2) is 3.75. The van der Waals surface area contributed by atoms with Crippen molar-refractivity contribution in [2.75, 3.05) is 0 Å². The van der Waals surface area contributed by atoms with Gasteiger partial charge in [-0.3, -0.25) is 4.79 Å². The number of carbonyl (C=O) groups excluding carboxylic acids is 1. The van der Waals surface area contributed by atoms with Crippen molar-refractivity contribution in [3.05, 3.63) is 18.2 Å². The third-order valence-corrected chi connectivity index (χ3v) is 1.41. The van der Waals surface area contributed by atoms with Gasteiger partial charge in [-0.1, -0.05) is 0 Å². The molecule has 1 amide bonds. The van der Waals surface area contributed by atoms with Gasteiger partial charge in [0.05, 0.1) is 0 Å². The quantitative estimate of drug-likeness (QED) is 0.602. The average molecular weight is 153 g/mol. The SMILES string of the molecule is CC(Cc1ncc[nH]1)NC=O. The standard InChI is InChI=1S/C7H11N3O/c1-6(10-5-11)4-7-8-2-3-9-7/h2-3,5-6H,4H2,1H3,(H,8,9)(H,10,11). The molecule has 0 aliphatic carbocycles. The number of aromatic nitrogens is 2. The lowest BCUT2D eigenvalue weighted by atomic mass is 10.2. The Hall–Kier alpha value is -1.32. The van der Waals surface area contributed by atoms with Gasteiger partial charge in [0.25, 0.3) is 0 Å². The Bertz CT molecular complexity index is 207. The Morgan fingerprint density at radius 2 is 2.73 bits per heavy atom. The molecule has 11 heavy (non-hydrogen) atoms. The molecule has 1 rings (SSSR count). The second-order valence-corrected chi connectivity index (χ2v) is 2.43. The molecule has 0 radical (unpaired) electrons. The molecule has 0 aliphatic rings. The number of imidazole rings is 1. The van der Waals surface area contributed by atoms with Crippen molar-refractivity contribution < 1.29 is 4.79 Å². The number of aromatic amines is 1. The number of hydrogen-bond acceptors (Lipinski definition) is 2. The van der Waals surface area contributed by atoms with E-state index in [1.807, 2.05) is 6.92 Å². The van der Waals surface area contributed by atoms with Crippen LogP contribution in [-0.2, 0) is 11.2 Å². The lowest BCUT2D eigenvalue weighted by molar-refractivity contribution is -0.110. The predicted octanol–water partition coefficient (Wildman–Crippen LogP) is 0.0867. The van der Waals surface area contributed by atoms with Crippen molar-refractivity contribution >= 4 is 6.41 Å². The maximum absolute atomic E-state index is 10.0. The summed E-state index contributed by atoms with van der Waals surface area (Å²) in [6.07, 6.45) is 4.91. The molecule has 0 saturated heterocycles. The first-order valence-corrected chi connectivity index (χ1v) is 3.51. The summed E-state index contributed by atoms with van der Waals surface area (Å²) in [4.78, 5) is 17.0. The lowest BCUT2D eigenvalue weighted by Crippen LogP contribution is -2.26. The first kappa shape index (κ1) is 7.78. The Kier molecular flexibility index (Phi) is 2.66. The fraction of sp³-hybridized carbons (Fsp3) is 0.429. The lowest BCUT2D eigenvalue weighted by Gasteiger charge is -2.06. The first-order chi connectivity index (χ1) is 5.33. The summed E-state index contributed by atoms with van der Waals surface area (Å²) in [7, 11) is 0. The van der Waals surface area contributed by atoms with Crippen LogP contribution in [0.5, 0.6) is 0 Å². The molecule has 0 aliphatic heterocycles. The van der Waals surface area contributed by atoms with Crippen molar-refractivity contribution in [3.8, 4) is 0 Å². The third kappa shape index (κ3) is 2.41. The number of nitrogens with zero attached hydrogens (tertiary/aromatic N) is 1. The van der Waals surface area contributed by atoms with Crippen LogP contribution in [0.15, 0.2) is 12.4 Å². The largest absolute Gasteiger partial charge is 0.356 e. The van der Waals surface area contributed by atoms with E-state index in [2.05, 4.69) is 15.3 Å². The van der Waals surface area contributed by atoms with Crippen LogP contribution in [-0.4, -0.2) is 22.4 Å². The molecule has 0 bridgehead atoms. The van der Waals surface area contributed by atoms with Crippen molar-refractivity contribution in [2.45, 2.75) is 19.4 Å². The van der Waals surface area contributed by atoms with Gasteiger partial charge in [-0.15, -0.1) is 0 Å². The Morgan fingerprint density at radius 3 is 3.27 bits per heavy atom. The summed E-state index contributed by atoms with van der Waals surface area (Å²) < 4.78 is 0. The van der Waals surface area contributed by atoms with Gasteiger partial charge >= 0.3 is 0 Å². The van der Waals surface area contributed by atoms with Crippen LogP contribution in [0.4, 0.5) is 0 Å². The Morgan fingerprint density at radius 1 is 1.91 bits per heavy atom. The van der Waals surface area contributed by atoms with Crippen molar-refractivity contribution in [1.82, 2.24) is 15.3 Å². The minimum atomic E-state index is 0.138. The van der Waals surface area contributed by atoms with E-state index in [4.69, 9.17) is 0 Å². The highest BCUT2D eigenvalue weighted by Gasteiger charge is 2.01. The molecule has 1 aromatic heterocycles. The van der Waals surface area contributed by atoms with Crippen LogP contribution in [0, 0.1) is 0 Å². The topological polar surface area (TPSA) is 57.8 Å². The van der Waals surface area contributed by atoms with Gasteiger partial charge in [0, 0.05) is 24.9 Å². The fourth-order valence-corrected chi connectivity index (χ4v) is 0.875.